The van der Waals surface area contributed by atoms with E-state index in [0.29, 0.717) is 19.3 Å². The molecular formula is C11H22N2O2. The first-order chi connectivity index (χ1) is 7.18. The lowest BCUT2D eigenvalue weighted by atomic mass is 10.0. The summed E-state index contributed by atoms with van der Waals surface area (Å²) in [6.07, 6.45) is 0.583. The monoisotopic (exact) mass is 214 g/mol. The molecule has 0 spiro atoms. The van der Waals surface area contributed by atoms with E-state index in [-0.39, 0.29) is 12.1 Å². The molecule has 2 saturated heterocycles. The molecule has 2 fully saturated rings. The number of piperazine rings is 1. The second-order valence-corrected chi connectivity index (χ2v) is 4.82. The maximum atomic E-state index is 9.94. The third kappa shape index (κ3) is 2.50. The highest BCUT2D eigenvalue weighted by atomic mass is 16.5. The van der Waals surface area contributed by atoms with Gasteiger partial charge < -0.3 is 14.7 Å². The molecule has 0 aromatic heterocycles. The fourth-order valence-corrected chi connectivity index (χ4v) is 2.44. The number of rotatable bonds is 1. The van der Waals surface area contributed by atoms with Gasteiger partial charge in [0.15, 0.2) is 0 Å². The van der Waals surface area contributed by atoms with Crippen LogP contribution in [-0.4, -0.2) is 73.0 Å². The Morgan fingerprint density at radius 1 is 1.33 bits per heavy atom. The molecule has 0 radical (unpaired) electrons. The quantitative estimate of drug-likeness (QED) is 0.654. The lowest BCUT2D eigenvalue weighted by Crippen LogP contribution is -2.58. The van der Waals surface area contributed by atoms with Crippen LogP contribution >= 0.6 is 0 Å². The summed E-state index contributed by atoms with van der Waals surface area (Å²) in [7, 11) is 2.16. The average molecular weight is 214 g/mol. The predicted molar refractivity (Wildman–Crippen MR) is 58.9 cm³/mol. The predicted octanol–water partition coefficient (Wildman–Crippen LogP) is -0.228. The van der Waals surface area contributed by atoms with Crippen LogP contribution in [0.4, 0.5) is 0 Å². The molecule has 0 saturated carbocycles. The van der Waals surface area contributed by atoms with Gasteiger partial charge in [0.2, 0.25) is 0 Å². The number of ether oxygens (including phenoxy) is 1. The van der Waals surface area contributed by atoms with Crippen molar-refractivity contribution in [2.24, 2.45) is 0 Å². The third-order valence-electron chi connectivity index (χ3n) is 3.75. The first-order valence-electron chi connectivity index (χ1n) is 5.88. The lowest BCUT2D eigenvalue weighted by Gasteiger charge is -2.44. The van der Waals surface area contributed by atoms with Gasteiger partial charge in [0, 0.05) is 32.3 Å². The van der Waals surface area contributed by atoms with Gasteiger partial charge in [0.05, 0.1) is 18.8 Å². The minimum Gasteiger partial charge on any atom is -0.391 e. The molecular weight excluding hydrogens is 192 g/mol. The fraction of sp³-hybridized carbons (Fsp3) is 1.00. The van der Waals surface area contributed by atoms with Crippen LogP contribution in [0.2, 0.25) is 0 Å². The van der Waals surface area contributed by atoms with Crippen molar-refractivity contribution in [2.75, 3.05) is 39.9 Å². The molecule has 4 nitrogen and oxygen atoms in total. The van der Waals surface area contributed by atoms with Crippen LogP contribution < -0.4 is 0 Å². The fourth-order valence-electron chi connectivity index (χ4n) is 2.44. The zero-order valence-corrected chi connectivity index (χ0v) is 9.72. The molecule has 0 aliphatic carbocycles. The Morgan fingerprint density at radius 3 is 2.80 bits per heavy atom. The maximum Gasteiger partial charge on any atom is 0.0739 e. The summed E-state index contributed by atoms with van der Waals surface area (Å²) >= 11 is 0. The highest BCUT2D eigenvalue weighted by Gasteiger charge is 2.32. The van der Waals surface area contributed by atoms with Crippen molar-refractivity contribution in [1.82, 2.24) is 9.80 Å². The van der Waals surface area contributed by atoms with Crippen LogP contribution in [0.25, 0.3) is 0 Å². The van der Waals surface area contributed by atoms with E-state index >= 15 is 0 Å². The number of aliphatic hydroxyl groups is 1. The van der Waals surface area contributed by atoms with Gasteiger partial charge in [-0.15, -0.1) is 0 Å². The van der Waals surface area contributed by atoms with Crippen LogP contribution in [0.1, 0.15) is 13.3 Å². The molecule has 0 bridgehead atoms. The zero-order chi connectivity index (χ0) is 10.8. The minimum absolute atomic E-state index is 0.200. The summed E-state index contributed by atoms with van der Waals surface area (Å²) in [5, 5.41) is 9.94. The summed E-state index contributed by atoms with van der Waals surface area (Å²) in [5.74, 6) is 0. The Balaban J connectivity index is 1.92. The van der Waals surface area contributed by atoms with Crippen LogP contribution in [0, 0.1) is 0 Å². The highest BCUT2D eigenvalue weighted by molar-refractivity contribution is 4.87. The van der Waals surface area contributed by atoms with E-state index in [2.05, 4.69) is 23.8 Å². The molecule has 0 amide bonds. The second-order valence-electron chi connectivity index (χ2n) is 4.82. The Morgan fingerprint density at radius 2 is 2.13 bits per heavy atom. The molecule has 2 aliphatic heterocycles. The molecule has 0 aromatic rings. The van der Waals surface area contributed by atoms with Gasteiger partial charge in [-0.05, 0) is 20.4 Å². The topological polar surface area (TPSA) is 35.9 Å². The number of hydrogen-bond acceptors (Lipinski definition) is 4. The lowest BCUT2D eigenvalue weighted by molar-refractivity contribution is -0.0763. The Bertz CT molecular complexity index is 213. The van der Waals surface area contributed by atoms with E-state index in [1.165, 1.54) is 0 Å². The standard InChI is InChI=1S/C11H22N2O2/c1-9-7-13(5-4-12(9)2)10-8-15-6-3-11(10)14/h9-11,14H,3-8H2,1-2H3. The number of hydrogen-bond donors (Lipinski definition) is 1. The van der Waals surface area contributed by atoms with Crippen molar-refractivity contribution in [1.29, 1.82) is 0 Å². The molecule has 3 atom stereocenters. The number of likely N-dealkylation sites (N-methyl/N-ethyl adjacent to an activating group) is 1. The van der Waals surface area contributed by atoms with Crippen molar-refractivity contribution in [3.8, 4) is 0 Å². The molecule has 2 heterocycles. The second kappa shape index (κ2) is 4.78. The SMILES string of the molecule is CC1CN(C2COCCC2O)CCN1C. The summed E-state index contributed by atoms with van der Waals surface area (Å²) in [6, 6.07) is 0.794. The van der Waals surface area contributed by atoms with Crippen molar-refractivity contribution >= 4 is 0 Å². The first-order valence-corrected chi connectivity index (χ1v) is 5.88. The molecule has 0 aromatic carbocycles. The molecule has 3 unspecified atom stereocenters. The first kappa shape index (κ1) is 11.3. The van der Waals surface area contributed by atoms with Gasteiger partial charge in [0.1, 0.15) is 0 Å². The van der Waals surface area contributed by atoms with E-state index in [1.807, 2.05) is 0 Å². The number of aliphatic hydroxyl groups excluding tert-OH is 1. The van der Waals surface area contributed by atoms with Crippen molar-refractivity contribution in [2.45, 2.75) is 31.5 Å². The van der Waals surface area contributed by atoms with E-state index in [9.17, 15) is 5.11 Å². The van der Waals surface area contributed by atoms with E-state index in [1.54, 1.807) is 0 Å². The van der Waals surface area contributed by atoms with E-state index in [4.69, 9.17) is 4.74 Å². The smallest absolute Gasteiger partial charge is 0.0739 e. The van der Waals surface area contributed by atoms with Gasteiger partial charge in [-0.3, -0.25) is 4.90 Å². The highest BCUT2D eigenvalue weighted by Crippen LogP contribution is 2.18. The molecule has 2 aliphatic rings. The summed E-state index contributed by atoms with van der Waals surface area (Å²) in [4.78, 5) is 4.75. The summed E-state index contributed by atoms with van der Waals surface area (Å²) < 4.78 is 5.45. The Kier molecular flexibility index (Phi) is 3.61. The van der Waals surface area contributed by atoms with Crippen LogP contribution in [0.5, 0.6) is 0 Å². The normalized spacial score (nSPS) is 40.6. The maximum absolute atomic E-state index is 9.94. The molecule has 4 heteroatoms. The third-order valence-corrected chi connectivity index (χ3v) is 3.75. The van der Waals surface area contributed by atoms with Crippen molar-refractivity contribution in [3.05, 3.63) is 0 Å². The molecule has 1 N–H and O–H groups in total. The van der Waals surface area contributed by atoms with Gasteiger partial charge >= 0.3 is 0 Å². The van der Waals surface area contributed by atoms with Gasteiger partial charge in [-0.2, -0.15) is 0 Å². The molecule has 15 heavy (non-hydrogen) atoms. The van der Waals surface area contributed by atoms with Gasteiger partial charge in [-0.25, -0.2) is 0 Å². The minimum atomic E-state index is -0.200. The Hall–Kier alpha value is -0.160. The van der Waals surface area contributed by atoms with Gasteiger partial charge in [0.25, 0.3) is 0 Å². The van der Waals surface area contributed by atoms with Crippen LogP contribution in [-0.2, 0) is 4.74 Å². The number of nitrogens with zero attached hydrogens (tertiary/aromatic N) is 2. The van der Waals surface area contributed by atoms with Crippen LogP contribution in [0.15, 0.2) is 0 Å². The van der Waals surface area contributed by atoms with Crippen LogP contribution in [0.3, 0.4) is 0 Å². The zero-order valence-electron chi connectivity index (χ0n) is 9.72. The average Bonchev–Trinajstić information content (AvgIpc) is 2.23. The Labute approximate surface area is 91.8 Å². The largest absolute Gasteiger partial charge is 0.391 e. The van der Waals surface area contributed by atoms with E-state index < -0.39 is 0 Å². The van der Waals surface area contributed by atoms with Crippen molar-refractivity contribution in [3.63, 3.8) is 0 Å². The van der Waals surface area contributed by atoms with E-state index in [0.717, 1.165) is 26.1 Å². The molecule has 2 rings (SSSR count). The molecule has 88 valence electrons. The summed E-state index contributed by atoms with van der Waals surface area (Å²) in [6.45, 7) is 6.82. The van der Waals surface area contributed by atoms with Gasteiger partial charge in [-0.1, -0.05) is 0 Å². The summed E-state index contributed by atoms with van der Waals surface area (Å²) in [5.41, 5.74) is 0. The van der Waals surface area contributed by atoms with Crippen molar-refractivity contribution < 1.29 is 9.84 Å².